The molecule has 1 fully saturated rings. The van der Waals surface area contributed by atoms with Crippen molar-refractivity contribution in [1.29, 1.82) is 0 Å². The van der Waals surface area contributed by atoms with E-state index >= 15 is 0 Å². The van der Waals surface area contributed by atoms with Gasteiger partial charge in [-0.15, -0.1) is 0 Å². The standard InChI is InChI=1S/C57H104O12/c1-4-7-10-13-16-19-21-22-23-24-25-26-27-28-30-33-36-39-42-45-51(60)68-55-53(62)52(61)54(56(63)64)69-57(55)66-47-48(67-50(59)44-41-38-35-31-18-15-12-9-6-3)46-65-49(58)43-40-37-34-32-29-20-17-14-11-8-5-2/h14,17,48,52-55,57,61-62H,4-13,15-16,18-47H2,1-3H3,(H,63,64)/b17-14-. The highest BCUT2D eigenvalue weighted by Gasteiger charge is 2.50. The van der Waals surface area contributed by atoms with Gasteiger partial charge < -0.3 is 39.0 Å². The van der Waals surface area contributed by atoms with Gasteiger partial charge in [-0.05, 0) is 38.5 Å². The highest BCUT2D eigenvalue weighted by atomic mass is 16.7. The maximum absolute atomic E-state index is 13.0. The Balaban J connectivity index is 2.61. The number of aliphatic hydroxyl groups is 2. The topological polar surface area (TPSA) is 175 Å². The van der Waals surface area contributed by atoms with Crippen LogP contribution in [0, 0.1) is 0 Å². The summed E-state index contributed by atoms with van der Waals surface area (Å²) in [6, 6.07) is 0. The molecule has 12 nitrogen and oxygen atoms in total. The van der Waals surface area contributed by atoms with Gasteiger partial charge in [0.2, 0.25) is 0 Å². The molecule has 0 bridgehead atoms. The number of carbonyl (C=O) groups excluding carboxylic acids is 3. The van der Waals surface area contributed by atoms with Crippen molar-refractivity contribution in [3.05, 3.63) is 12.2 Å². The number of aliphatic hydroxyl groups excluding tert-OH is 2. The van der Waals surface area contributed by atoms with Gasteiger partial charge in [0.15, 0.2) is 24.6 Å². The summed E-state index contributed by atoms with van der Waals surface area (Å²) in [5.74, 6) is -3.10. The molecule has 3 N–H and O–H groups in total. The van der Waals surface area contributed by atoms with Crippen molar-refractivity contribution in [2.75, 3.05) is 13.2 Å². The Hall–Kier alpha value is -2.54. The smallest absolute Gasteiger partial charge is 0.335 e. The number of hydrogen-bond donors (Lipinski definition) is 3. The number of unbranched alkanes of at least 4 members (excludes halogenated alkanes) is 33. The first-order chi connectivity index (χ1) is 33.6. The van der Waals surface area contributed by atoms with E-state index in [1.807, 2.05) is 0 Å². The van der Waals surface area contributed by atoms with Crippen molar-refractivity contribution >= 4 is 23.9 Å². The van der Waals surface area contributed by atoms with Crippen LogP contribution in [0.4, 0.5) is 0 Å². The zero-order valence-corrected chi connectivity index (χ0v) is 44.3. The maximum atomic E-state index is 13.0. The molecule has 0 amide bonds. The molecule has 1 saturated heterocycles. The molecule has 0 aliphatic carbocycles. The molecule has 0 radical (unpaired) electrons. The SMILES string of the molecule is CCCC/C=C\CCCCCCCC(=O)OCC(COC1OC(C(=O)O)C(O)C(O)C1OC(=O)CCCCCCCCCCCCCCCCCCCCC)OC(=O)CCCCCCCCCCC. The highest BCUT2D eigenvalue weighted by Crippen LogP contribution is 2.26. The van der Waals surface area contributed by atoms with E-state index in [1.54, 1.807) is 0 Å². The average molecular weight is 981 g/mol. The van der Waals surface area contributed by atoms with Crippen LogP contribution in [0.5, 0.6) is 0 Å². The lowest BCUT2D eigenvalue weighted by Crippen LogP contribution is -2.61. The number of rotatable bonds is 49. The van der Waals surface area contributed by atoms with Crippen LogP contribution in [0.1, 0.15) is 278 Å². The molecular formula is C57H104O12. The van der Waals surface area contributed by atoms with Gasteiger partial charge in [0.05, 0.1) is 6.61 Å². The Morgan fingerprint density at radius 1 is 0.464 bits per heavy atom. The molecule has 0 aromatic carbocycles. The number of aliphatic carboxylic acids is 1. The van der Waals surface area contributed by atoms with Crippen LogP contribution in [0.25, 0.3) is 0 Å². The van der Waals surface area contributed by atoms with Crippen LogP contribution in [0.2, 0.25) is 0 Å². The second-order valence-electron chi connectivity index (χ2n) is 19.9. The molecule has 6 atom stereocenters. The molecule has 6 unspecified atom stereocenters. The summed E-state index contributed by atoms with van der Waals surface area (Å²) in [6.45, 7) is 5.94. The van der Waals surface area contributed by atoms with Gasteiger partial charge in [0.25, 0.3) is 0 Å². The Kier molecular flexibility index (Phi) is 43.5. The molecule has 0 aromatic rings. The lowest BCUT2D eigenvalue weighted by molar-refractivity contribution is -0.301. The lowest BCUT2D eigenvalue weighted by Gasteiger charge is -2.40. The van der Waals surface area contributed by atoms with Gasteiger partial charge in [0.1, 0.15) is 18.8 Å². The van der Waals surface area contributed by atoms with E-state index in [-0.39, 0.29) is 25.9 Å². The fourth-order valence-corrected chi connectivity index (χ4v) is 8.88. The van der Waals surface area contributed by atoms with Gasteiger partial charge in [-0.3, -0.25) is 14.4 Å². The third-order valence-corrected chi connectivity index (χ3v) is 13.3. The normalized spacial score (nSPS) is 18.7. The summed E-state index contributed by atoms with van der Waals surface area (Å²) >= 11 is 0. The molecule has 1 aliphatic heterocycles. The van der Waals surface area contributed by atoms with Crippen LogP contribution < -0.4 is 0 Å². The number of carbonyl (C=O) groups is 4. The van der Waals surface area contributed by atoms with Crippen molar-refractivity contribution in [2.24, 2.45) is 0 Å². The van der Waals surface area contributed by atoms with Crippen molar-refractivity contribution in [2.45, 2.75) is 314 Å². The largest absolute Gasteiger partial charge is 0.479 e. The van der Waals surface area contributed by atoms with Gasteiger partial charge in [-0.1, -0.05) is 232 Å². The predicted molar refractivity (Wildman–Crippen MR) is 276 cm³/mol. The summed E-state index contributed by atoms with van der Waals surface area (Å²) < 4.78 is 28.3. The van der Waals surface area contributed by atoms with Crippen molar-refractivity contribution in [3.8, 4) is 0 Å². The third-order valence-electron chi connectivity index (χ3n) is 13.3. The summed E-state index contributed by atoms with van der Waals surface area (Å²) in [6.07, 6.45) is 37.8. The minimum absolute atomic E-state index is 0.0682. The minimum Gasteiger partial charge on any atom is -0.479 e. The first kappa shape index (κ1) is 64.5. The van der Waals surface area contributed by atoms with Crippen LogP contribution >= 0.6 is 0 Å². The molecule has 0 aromatic heterocycles. The van der Waals surface area contributed by atoms with Crippen molar-refractivity contribution in [1.82, 2.24) is 0 Å². The quantitative estimate of drug-likeness (QED) is 0.0228. The third kappa shape index (κ3) is 37.0. The Morgan fingerprint density at radius 2 is 0.841 bits per heavy atom. The minimum atomic E-state index is -1.90. The van der Waals surface area contributed by atoms with Crippen molar-refractivity contribution in [3.63, 3.8) is 0 Å². The summed E-state index contributed by atoms with van der Waals surface area (Å²) in [5, 5.41) is 31.4. The molecule has 1 aliphatic rings. The number of ether oxygens (including phenoxy) is 5. The van der Waals surface area contributed by atoms with E-state index in [0.29, 0.717) is 19.3 Å². The molecule has 12 heteroatoms. The Morgan fingerprint density at radius 3 is 1.28 bits per heavy atom. The first-order valence-corrected chi connectivity index (χ1v) is 28.7. The van der Waals surface area contributed by atoms with E-state index in [0.717, 1.165) is 77.0 Å². The highest BCUT2D eigenvalue weighted by molar-refractivity contribution is 5.74. The molecule has 69 heavy (non-hydrogen) atoms. The van der Waals surface area contributed by atoms with E-state index in [4.69, 9.17) is 23.7 Å². The number of esters is 3. The molecular weight excluding hydrogens is 877 g/mol. The van der Waals surface area contributed by atoms with E-state index in [9.17, 15) is 34.5 Å². The van der Waals surface area contributed by atoms with E-state index in [2.05, 4.69) is 32.9 Å². The monoisotopic (exact) mass is 981 g/mol. The Labute approximate surface area is 420 Å². The van der Waals surface area contributed by atoms with Crippen LogP contribution in [-0.4, -0.2) is 89.2 Å². The van der Waals surface area contributed by atoms with Crippen LogP contribution in [0.15, 0.2) is 12.2 Å². The van der Waals surface area contributed by atoms with Crippen LogP contribution in [0.3, 0.4) is 0 Å². The number of carboxylic acid groups (broad SMARTS) is 1. The van der Waals surface area contributed by atoms with Gasteiger partial charge in [0, 0.05) is 19.3 Å². The average Bonchev–Trinajstić information content (AvgIpc) is 3.33. The predicted octanol–water partition coefficient (Wildman–Crippen LogP) is 14.1. The van der Waals surface area contributed by atoms with Crippen LogP contribution in [-0.2, 0) is 42.9 Å². The second kappa shape index (κ2) is 46.5. The summed E-state index contributed by atoms with van der Waals surface area (Å²) in [4.78, 5) is 50.8. The summed E-state index contributed by atoms with van der Waals surface area (Å²) in [5.41, 5.74) is 0. The zero-order valence-electron chi connectivity index (χ0n) is 44.3. The molecule has 1 heterocycles. The molecule has 0 spiro atoms. The maximum Gasteiger partial charge on any atom is 0.335 e. The van der Waals surface area contributed by atoms with Gasteiger partial charge >= 0.3 is 23.9 Å². The Bertz CT molecular complexity index is 1260. The molecule has 404 valence electrons. The second-order valence-corrected chi connectivity index (χ2v) is 19.9. The van der Waals surface area contributed by atoms with Crippen molar-refractivity contribution < 1.29 is 58.2 Å². The fraction of sp³-hybridized carbons (Fsp3) is 0.895. The molecule has 0 saturated carbocycles. The zero-order chi connectivity index (χ0) is 50.4. The van der Waals surface area contributed by atoms with E-state index in [1.165, 1.54) is 141 Å². The number of hydrogen-bond acceptors (Lipinski definition) is 11. The van der Waals surface area contributed by atoms with Gasteiger partial charge in [-0.2, -0.15) is 0 Å². The first-order valence-electron chi connectivity index (χ1n) is 28.7. The summed E-state index contributed by atoms with van der Waals surface area (Å²) in [7, 11) is 0. The van der Waals surface area contributed by atoms with E-state index < -0.39 is 67.3 Å². The van der Waals surface area contributed by atoms with Gasteiger partial charge in [-0.25, -0.2) is 4.79 Å². The number of allylic oxidation sites excluding steroid dienone is 2. The molecule has 1 rings (SSSR count). The number of carboxylic acids is 1. The lowest BCUT2D eigenvalue weighted by atomic mass is 9.98. The fourth-order valence-electron chi connectivity index (χ4n) is 8.88.